The number of nitrogens with one attached hydrogen (secondary N) is 1. The van der Waals surface area contributed by atoms with Crippen LogP contribution in [0.4, 0.5) is 4.39 Å². The summed E-state index contributed by atoms with van der Waals surface area (Å²) in [4.78, 5) is 49.3. The number of hydrogen-bond acceptors (Lipinski definition) is 5. The van der Waals surface area contributed by atoms with E-state index in [4.69, 9.17) is 0 Å². The number of fused-ring (bicyclic) bond motifs is 3. The van der Waals surface area contributed by atoms with E-state index in [2.05, 4.69) is 10.3 Å². The molecule has 6 rings (SSSR count). The minimum Gasteiger partial charge on any atom is -0.341 e. The van der Waals surface area contributed by atoms with Crippen molar-refractivity contribution in [3.8, 4) is 5.69 Å². The van der Waals surface area contributed by atoms with Crippen LogP contribution in [-0.2, 0) is 4.79 Å². The number of carbonyl (C=O) groups is 3. The minimum absolute atomic E-state index is 0.0308. The van der Waals surface area contributed by atoms with Gasteiger partial charge in [0.05, 0.1) is 29.0 Å². The Morgan fingerprint density at radius 1 is 1.00 bits per heavy atom. The topological polar surface area (TPSA) is 87.5 Å². The van der Waals surface area contributed by atoms with E-state index in [0.717, 1.165) is 31.1 Å². The van der Waals surface area contributed by atoms with E-state index in [1.54, 1.807) is 34.1 Å². The summed E-state index contributed by atoms with van der Waals surface area (Å²) in [7, 11) is 0. The van der Waals surface area contributed by atoms with Gasteiger partial charge in [-0.15, -0.1) is 0 Å². The Kier molecular flexibility index (Phi) is 8.11. The van der Waals surface area contributed by atoms with E-state index < -0.39 is 5.82 Å². The number of pyridine rings is 1. The number of rotatable bonds is 7. The number of amides is 2. The maximum atomic E-state index is 14.6. The number of hydrogen-bond donors (Lipinski definition) is 1. The van der Waals surface area contributed by atoms with Gasteiger partial charge < -0.3 is 19.7 Å². The molecule has 1 aromatic carbocycles. The Morgan fingerprint density at radius 3 is 2.49 bits per heavy atom. The average molecular weight is 588 g/mol. The minimum atomic E-state index is -0.497. The fourth-order valence-corrected chi connectivity index (χ4v) is 7.69. The molecule has 8 nitrogen and oxygen atoms in total. The SMILES string of the molecule is CC(C)N(C(=O)c1cc(F)ccc1-n1cc(C(=O)[C@@H]2CCCN(C(=O)[C@H]3N[C@@H]4CC[C@H]3C4)CC2)c2ccncc21)C(C)C. The predicted molar refractivity (Wildman–Crippen MR) is 164 cm³/mol. The third-order valence-corrected chi connectivity index (χ3v) is 9.71. The molecule has 3 aromatic rings. The van der Waals surface area contributed by atoms with Crippen LogP contribution in [0.15, 0.2) is 42.9 Å². The zero-order valence-corrected chi connectivity index (χ0v) is 25.6. The third-order valence-electron chi connectivity index (χ3n) is 9.71. The molecule has 1 N–H and O–H groups in total. The number of ketones is 1. The zero-order valence-electron chi connectivity index (χ0n) is 25.6. The largest absolute Gasteiger partial charge is 0.341 e. The molecular formula is C34H42FN5O3. The fraction of sp³-hybridized carbons (Fsp3) is 0.529. The van der Waals surface area contributed by atoms with Crippen molar-refractivity contribution >= 4 is 28.5 Å². The molecule has 43 heavy (non-hydrogen) atoms. The van der Waals surface area contributed by atoms with Gasteiger partial charge in [-0.1, -0.05) is 0 Å². The first-order valence-corrected chi connectivity index (χ1v) is 15.8. The number of halogens is 1. The van der Waals surface area contributed by atoms with Gasteiger partial charge in [0.15, 0.2) is 5.78 Å². The Bertz CT molecular complexity index is 1540. The van der Waals surface area contributed by atoms with Crippen LogP contribution in [0.25, 0.3) is 16.6 Å². The third kappa shape index (κ3) is 5.48. The van der Waals surface area contributed by atoms with Gasteiger partial charge in [0.1, 0.15) is 5.82 Å². The Balaban J connectivity index is 1.29. The van der Waals surface area contributed by atoms with Crippen molar-refractivity contribution in [2.75, 3.05) is 13.1 Å². The van der Waals surface area contributed by atoms with Crippen molar-refractivity contribution < 1.29 is 18.8 Å². The van der Waals surface area contributed by atoms with Crippen LogP contribution >= 0.6 is 0 Å². The molecular weight excluding hydrogens is 545 g/mol. The van der Waals surface area contributed by atoms with Crippen molar-refractivity contribution in [1.29, 1.82) is 0 Å². The number of Topliss-reactive ketones (excluding diaryl/α,β-unsaturated/α-hetero) is 1. The quantitative estimate of drug-likeness (QED) is 0.376. The lowest BCUT2D eigenvalue weighted by molar-refractivity contribution is -0.134. The summed E-state index contributed by atoms with van der Waals surface area (Å²) in [5.74, 6) is -0.323. The van der Waals surface area contributed by atoms with Gasteiger partial charge in [-0.05, 0) is 96.4 Å². The molecule has 0 radical (unpaired) electrons. The summed E-state index contributed by atoms with van der Waals surface area (Å²) in [6, 6.07) is 6.28. The van der Waals surface area contributed by atoms with Crippen LogP contribution in [0.5, 0.6) is 0 Å². The Labute approximate surface area is 252 Å². The zero-order chi connectivity index (χ0) is 30.4. The monoisotopic (exact) mass is 587 g/mol. The van der Waals surface area contributed by atoms with Crippen molar-refractivity contribution in [1.82, 2.24) is 24.7 Å². The smallest absolute Gasteiger partial charge is 0.256 e. The Hall–Kier alpha value is -3.59. The highest BCUT2D eigenvalue weighted by Gasteiger charge is 2.44. The van der Waals surface area contributed by atoms with Crippen molar-refractivity contribution in [2.45, 2.75) is 90.4 Å². The van der Waals surface area contributed by atoms with Crippen LogP contribution in [0.1, 0.15) is 86.9 Å². The molecule has 2 aromatic heterocycles. The summed E-state index contributed by atoms with van der Waals surface area (Å²) < 4.78 is 16.4. The molecule has 0 spiro atoms. The van der Waals surface area contributed by atoms with Gasteiger partial charge in [-0.2, -0.15) is 0 Å². The second-order valence-corrected chi connectivity index (χ2v) is 13.1. The normalized spacial score (nSPS) is 23.7. The second kappa shape index (κ2) is 11.8. The summed E-state index contributed by atoms with van der Waals surface area (Å²) in [5, 5.41) is 4.27. The lowest BCUT2D eigenvalue weighted by Gasteiger charge is -2.31. The van der Waals surface area contributed by atoms with Crippen LogP contribution in [0.3, 0.4) is 0 Å². The van der Waals surface area contributed by atoms with E-state index in [1.165, 1.54) is 12.1 Å². The van der Waals surface area contributed by atoms with E-state index in [9.17, 15) is 18.8 Å². The van der Waals surface area contributed by atoms with Crippen molar-refractivity contribution in [3.05, 3.63) is 59.8 Å². The highest BCUT2D eigenvalue weighted by molar-refractivity contribution is 6.10. The molecule has 2 saturated heterocycles. The predicted octanol–water partition coefficient (Wildman–Crippen LogP) is 5.38. The molecule has 2 amide bonds. The number of carbonyl (C=O) groups excluding carboxylic acids is 3. The first-order valence-electron chi connectivity index (χ1n) is 15.8. The number of aromatic nitrogens is 2. The second-order valence-electron chi connectivity index (χ2n) is 13.1. The summed E-state index contributed by atoms with van der Waals surface area (Å²) >= 11 is 0. The van der Waals surface area contributed by atoms with Crippen LogP contribution in [0.2, 0.25) is 0 Å². The standard InChI is InChI=1S/C34H42FN5O3/c1-20(2)40(21(3)4)33(42)27-17-24(35)8-10-29(27)39-19-28(26-11-13-36-18-30(26)39)32(41)22-6-5-14-38(15-12-22)34(43)31-23-7-9-25(16-23)37-31/h8,10-11,13,17-23,25,31,37H,5-7,9,12,14-16H2,1-4H3/t22-,23+,25-,31+/m1/s1. The number of benzene rings is 1. The summed E-state index contributed by atoms with van der Waals surface area (Å²) in [6.45, 7) is 9.02. The number of likely N-dealkylation sites (tertiary alicyclic amines) is 1. The molecule has 2 bridgehead atoms. The van der Waals surface area contributed by atoms with E-state index >= 15 is 0 Å². The summed E-state index contributed by atoms with van der Waals surface area (Å²) in [5.41, 5.74) is 1.98. The Morgan fingerprint density at radius 2 is 1.79 bits per heavy atom. The van der Waals surface area contributed by atoms with Gasteiger partial charge >= 0.3 is 0 Å². The van der Waals surface area contributed by atoms with Crippen LogP contribution < -0.4 is 5.32 Å². The molecule has 3 fully saturated rings. The van der Waals surface area contributed by atoms with Gasteiger partial charge in [0.25, 0.3) is 5.91 Å². The van der Waals surface area contributed by atoms with E-state index in [0.29, 0.717) is 54.7 Å². The first kappa shape index (κ1) is 29.5. The molecule has 4 heterocycles. The lowest BCUT2D eigenvalue weighted by Crippen LogP contribution is -2.49. The molecule has 1 aliphatic carbocycles. The van der Waals surface area contributed by atoms with Crippen molar-refractivity contribution in [3.63, 3.8) is 0 Å². The molecule has 0 unspecified atom stereocenters. The lowest BCUT2D eigenvalue weighted by atomic mass is 9.91. The van der Waals surface area contributed by atoms with Crippen LogP contribution in [0, 0.1) is 17.7 Å². The maximum Gasteiger partial charge on any atom is 0.256 e. The summed E-state index contributed by atoms with van der Waals surface area (Å²) in [6.07, 6.45) is 10.6. The van der Waals surface area contributed by atoms with Gasteiger partial charge in [0, 0.05) is 60.5 Å². The average Bonchev–Trinajstić information content (AvgIpc) is 3.66. The molecule has 3 aliphatic rings. The van der Waals surface area contributed by atoms with E-state index in [-0.39, 0.29) is 47.2 Å². The fourth-order valence-electron chi connectivity index (χ4n) is 7.69. The molecule has 1 saturated carbocycles. The maximum absolute atomic E-state index is 14.6. The van der Waals surface area contributed by atoms with E-state index in [1.807, 2.05) is 38.7 Å². The number of piperidine rings is 1. The molecule has 9 heteroatoms. The van der Waals surface area contributed by atoms with Crippen molar-refractivity contribution in [2.24, 2.45) is 11.8 Å². The molecule has 4 atom stereocenters. The first-order chi connectivity index (χ1) is 20.6. The highest BCUT2D eigenvalue weighted by Crippen LogP contribution is 2.37. The molecule has 228 valence electrons. The van der Waals surface area contributed by atoms with Crippen LogP contribution in [-0.4, -0.2) is 74.2 Å². The number of nitrogens with zero attached hydrogens (tertiary/aromatic N) is 4. The molecule has 2 aliphatic heterocycles. The van der Waals surface area contributed by atoms with Gasteiger partial charge in [-0.25, -0.2) is 4.39 Å². The van der Waals surface area contributed by atoms with Gasteiger partial charge in [0.2, 0.25) is 5.91 Å². The highest BCUT2D eigenvalue weighted by atomic mass is 19.1. The van der Waals surface area contributed by atoms with Gasteiger partial charge in [-0.3, -0.25) is 19.4 Å².